The molecule has 9 heteroatoms. The molecule has 192 valence electrons. The maximum atomic E-state index is 13.5. The van der Waals surface area contributed by atoms with Gasteiger partial charge >= 0.3 is 0 Å². The minimum Gasteiger partial charge on any atom is -0.336 e. The fourth-order valence-electron chi connectivity index (χ4n) is 5.03. The van der Waals surface area contributed by atoms with E-state index in [4.69, 9.17) is 15.1 Å². The number of halogens is 1. The first-order chi connectivity index (χ1) is 19.0. The van der Waals surface area contributed by atoms with E-state index in [9.17, 15) is 9.18 Å². The van der Waals surface area contributed by atoms with Crippen molar-refractivity contribution in [1.29, 1.82) is 0 Å². The van der Waals surface area contributed by atoms with Crippen molar-refractivity contribution in [1.82, 2.24) is 29.7 Å². The van der Waals surface area contributed by atoms with Crippen molar-refractivity contribution >= 4 is 33.7 Å². The molecule has 1 aliphatic carbocycles. The molecule has 1 fully saturated rings. The molecule has 4 aromatic heterocycles. The van der Waals surface area contributed by atoms with Crippen LogP contribution in [0.2, 0.25) is 0 Å². The number of carbonyl (C=O) groups is 1. The van der Waals surface area contributed by atoms with Crippen LogP contribution in [0.5, 0.6) is 0 Å². The summed E-state index contributed by atoms with van der Waals surface area (Å²) >= 11 is 0. The third-order valence-corrected chi connectivity index (χ3v) is 7.37. The number of rotatable bonds is 5. The number of carbonyl (C=O) groups excluding carboxylic acids is 1. The third kappa shape index (κ3) is 4.12. The topological polar surface area (TPSA) is 101 Å². The lowest BCUT2D eigenvalue weighted by Gasteiger charge is -2.24. The number of benzene rings is 2. The Morgan fingerprint density at radius 2 is 1.85 bits per heavy atom. The maximum Gasteiger partial charge on any atom is 0.227 e. The zero-order valence-corrected chi connectivity index (χ0v) is 21.1. The molecule has 8 nitrogen and oxygen atoms in total. The van der Waals surface area contributed by atoms with Crippen LogP contribution in [0.15, 0.2) is 73.1 Å². The Bertz CT molecular complexity index is 1870. The summed E-state index contributed by atoms with van der Waals surface area (Å²) in [4.78, 5) is 30.0. The number of anilines is 1. The van der Waals surface area contributed by atoms with E-state index in [1.807, 2.05) is 43.4 Å². The van der Waals surface area contributed by atoms with Crippen molar-refractivity contribution in [3.63, 3.8) is 0 Å². The third-order valence-electron chi connectivity index (χ3n) is 7.37. The van der Waals surface area contributed by atoms with Gasteiger partial charge in [0.15, 0.2) is 11.5 Å². The molecule has 4 heterocycles. The first-order valence-corrected chi connectivity index (χ1v) is 12.9. The number of para-hydroxylation sites is 1. The number of aryl methyl sites for hydroxylation is 1. The fourth-order valence-corrected chi connectivity index (χ4v) is 5.03. The average molecular weight is 518 g/mol. The molecule has 0 aliphatic heterocycles. The maximum absolute atomic E-state index is 13.5. The Kier molecular flexibility index (Phi) is 5.43. The Hall–Kier alpha value is -4.92. The highest BCUT2D eigenvalue weighted by molar-refractivity contribution is 5.97. The molecule has 1 aliphatic rings. The van der Waals surface area contributed by atoms with Gasteiger partial charge in [-0.25, -0.2) is 14.4 Å². The Balaban J connectivity index is 1.28. The SMILES string of the molecule is Cn1nc(-c2nc3c(-c4ccc(F)cc4)cccc3[nH]2)c2nc(-c3cncc(NC(=O)C4CCC4)c3)ccc21. The Morgan fingerprint density at radius 3 is 2.64 bits per heavy atom. The van der Waals surface area contributed by atoms with Crippen LogP contribution in [0, 0.1) is 11.7 Å². The van der Waals surface area contributed by atoms with Gasteiger partial charge in [-0.15, -0.1) is 0 Å². The van der Waals surface area contributed by atoms with Crippen LogP contribution in [-0.2, 0) is 11.8 Å². The molecule has 2 N–H and O–H groups in total. The van der Waals surface area contributed by atoms with Gasteiger partial charge in [-0.1, -0.05) is 30.7 Å². The smallest absolute Gasteiger partial charge is 0.227 e. The van der Waals surface area contributed by atoms with Crippen LogP contribution in [0.3, 0.4) is 0 Å². The summed E-state index contributed by atoms with van der Waals surface area (Å²) in [7, 11) is 1.87. The van der Waals surface area contributed by atoms with E-state index in [1.165, 1.54) is 12.1 Å². The van der Waals surface area contributed by atoms with Gasteiger partial charge < -0.3 is 10.3 Å². The predicted molar refractivity (Wildman–Crippen MR) is 148 cm³/mol. The molecule has 0 radical (unpaired) electrons. The van der Waals surface area contributed by atoms with Gasteiger partial charge in [0.25, 0.3) is 0 Å². The number of H-pyrrole nitrogens is 1. The average Bonchev–Trinajstić information content (AvgIpc) is 3.49. The monoisotopic (exact) mass is 517 g/mol. The highest BCUT2D eigenvalue weighted by Crippen LogP contribution is 2.33. The normalized spacial score (nSPS) is 13.6. The van der Waals surface area contributed by atoms with E-state index < -0.39 is 0 Å². The van der Waals surface area contributed by atoms with Crippen molar-refractivity contribution in [2.45, 2.75) is 19.3 Å². The number of hydrogen-bond acceptors (Lipinski definition) is 5. The molecular formula is C30H24FN7O. The molecule has 1 amide bonds. The van der Waals surface area contributed by atoms with Gasteiger partial charge in [0.05, 0.1) is 34.1 Å². The molecule has 0 bridgehead atoms. The van der Waals surface area contributed by atoms with Gasteiger partial charge in [0.2, 0.25) is 5.91 Å². The molecule has 1 saturated carbocycles. The standard InChI is InChI=1S/C30H24FN7O/c1-38-25-13-12-23(19-14-21(16-32-15-19)33-30(39)18-4-2-5-18)34-27(25)28(37-38)29-35-24-7-3-6-22(26(24)36-29)17-8-10-20(31)11-9-17/h3,6-16,18H,2,4-5H2,1H3,(H,33,39)(H,35,36). The van der Waals surface area contributed by atoms with Gasteiger partial charge in [-0.05, 0) is 54.8 Å². The molecule has 0 atom stereocenters. The fraction of sp³-hybridized carbons (Fsp3) is 0.167. The van der Waals surface area contributed by atoms with Crippen LogP contribution in [0.25, 0.3) is 56.0 Å². The summed E-state index contributed by atoms with van der Waals surface area (Å²) in [6.45, 7) is 0. The highest BCUT2D eigenvalue weighted by atomic mass is 19.1. The molecule has 0 saturated heterocycles. The lowest BCUT2D eigenvalue weighted by Crippen LogP contribution is -2.28. The number of amides is 1. The van der Waals surface area contributed by atoms with E-state index in [2.05, 4.69) is 15.3 Å². The second kappa shape index (κ2) is 9.13. The van der Waals surface area contributed by atoms with E-state index >= 15 is 0 Å². The lowest BCUT2D eigenvalue weighted by atomic mass is 9.85. The predicted octanol–water partition coefficient (Wildman–Crippen LogP) is 6.12. The first kappa shape index (κ1) is 23.2. The number of hydrogen-bond donors (Lipinski definition) is 2. The van der Waals surface area contributed by atoms with Gasteiger partial charge in [-0.3, -0.25) is 14.5 Å². The molecule has 0 spiro atoms. The number of fused-ring (bicyclic) bond motifs is 2. The van der Waals surface area contributed by atoms with E-state index in [0.29, 0.717) is 28.4 Å². The second-order valence-electron chi connectivity index (χ2n) is 9.91. The van der Waals surface area contributed by atoms with Crippen LogP contribution in [0.4, 0.5) is 10.1 Å². The van der Waals surface area contributed by atoms with E-state index in [1.54, 1.807) is 29.2 Å². The molecule has 0 unspecified atom stereocenters. The summed E-state index contributed by atoms with van der Waals surface area (Å²) < 4.78 is 15.3. The Labute approximate surface area is 223 Å². The van der Waals surface area contributed by atoms with Gasteiger partial charge in [-0.2, -0.15) is 5.10 Å². The minimum atomic E-state index is -0.281. The first-order valence-electron chi connectivity index (χ1n) is 12.9. The summed E-state index contributed by atoms with van der Waals surface area (Å²) in [5.41, 5.74) is 7.74. The largest absolute Gasteiger partial charge is 0.336 e. The number of aromatic nitrogens is 6. The highest BCUT2D eigenvalue weighted by Gasteiger charge is 2.25. The lowest BCUT2D eigenvalue weighted by molar-refractivity contribution is -0.122. The number of imidazole rings is 1. The van der Waals surface area contributed by atoms with E-state index in [0.717, 1.165) is 52.5 Å². The van der Waals surface area contributed by atoms with Gasteiger partial charge in [0.1, 0.15) is 11.3 Å². The van der Waals surface area contributed by atoms with Crippen LogP contribution in [-0.4, -0.2) is 35.6 Å². The van der Waals surface area contributed by atoms with Crippen LogP contribution < -0.4 is 5.32 Å². The molecule has 39 heavy (non-hydrogen) atoms. The van der Waals surface area contributed by atoms with E-state index in [-0.39, 0.29) is 17.6 Å². The second-order valence-corrected chi connectivity index (χ2v) is 9.91. The minimum absolute atomic E-state index is 0.0445. The molecule has 6 aromatic rings. The number of pyridine rings is 2. The summed E-state index contributed by atoms with van der Waals surface area (Å²) in [6, 6.07) is 18.1. The molecule has 2 aromatic carbocycles. The summed E-state index contributed by atoms with van der Waals surface area (Å²) in [6.07, 6.45) is 6.37. The molecular weight excluding hydrogens is 493 g/mol. The summed E-state index contributed by atoms with van der Waals surface area (Å²) in [5.74, 6) is 0.447. The summed E-state index contributed by atoms with van der Waals surface area (Å²) in [5, 5.41) is 7.72. The number of nitrogens with one attached hydrogen (secondary N) is 2. The van der Waals surface area contributed by atoms with Crippen LogP contribution >= 0.6 is 0 Å². The molecule has 7 rings (SSSR count). The van der Waals surface area contributed by atoms with Crippen molar-refractivity contribution in [3.8, 4) is 33.9 Å². The van der Waals surface area contributed by atoms with Crippen molar-refractivity contribution in [2.24, 2.45) is 13.0 Å². The number of aromatic amines is 1. The quantitative estimate of drug-likeness (QED) is 0.287. The number of nitrogens with zero attached hydrogens (tertiary/aromatic N) is 5. The zero-order chi connectivity index (χ0) is 26.5. The van der Waals surface area contributed by atoms with Crippen molar-refractivity contribution in [2.75, 3.05) is 5.32 Å². The van der Waals surface area contributed by atoms with Crippen molar-refractivity contribution < 1.29 is 9.18 Å². The van der Waals surface area contributed by atoms with Crippen molar-refractivity contribution in [3.05, 3.63) is 78.9 Å². The Morgan fingerprint density at radius 1 is 1.00 bits per heavy atom. The van der Waals surface area contributed by atoms with Gasteiger partial charge in [0, 0.05) is 30.3 Å². The zero-order valence-electron chi connectivity index (χ0n) is 21.1. The van der Waals surface area contributed by atoms with Crippen LogP contribution in [0.1, 0.15) is 19.3 Å².